The lowest BCUT2D eigenvalue weighted by atomic mass is 10.1. The topological polar surface area (TPSA) is 43.1 Å². The number of rotatable bonds is 3. The largest absolute Gasteiger partial charge is 0.393 e. The van der Waals surface area contributed by atoms with Crippen LogP contribution in [-0.4, -0.2) is 17.1 Å². The van der Waals surface area contributed by atoms with Crippen molar-refractivity contribution < 1.29 is 22.5 Å². The Hall–Kier alpha value is -1.33. The minimum absolute atomic E-state index is 0.109. The van der Waals surface area contributed by atoms with Gasteiger partial charge in [0.2, 0.25) is 0 Å². The summed E-state index contributed by atoms with van der Waals surface area (Å²) in [5.41, 5.74) is -0.422. The number of carbonyl (C=O) groups excluding carboxylic acids is 1. The van der Waals surface area contributed by atoms with Crippen molar-refractivity contribution >= 4 is 5.78 Å². The molecule has 3 nitrogen and oxygen atoms in total. The maximum Gasteiger partial charge on any atom is 0.393 e. The van der Waals surface area contributed by atoms with Crippen LogP contribution >= 0.6 is 0 Å². The van der Waals surface area contributed by atoms with Crippen molar-refractivity contribution in [1.29, 1.82) is 0 Å². The molecule has 78 valence electrons. The van der Waals surface area contributed by atoms with Crippen LogP contribution in [0.15, 0.2) is 10.8 Å². The highest BCUT2D eigenvalue weighted by molar-refractivity contribution is 5.95. The quantitative estimate of drug-likeness (QED) is 0.714. The molecule has 0 saturated carbocycles. The van der Waals surface area contributed by atoms with Gasteiger partial charge in [-0.25, -0.2) is 0 Å². The number of alkyl halides is 3. The average Bonchev–Trinajstić information content (AvgIpc) is 2.48. The Balaban J connectivity index is 2.88. The first-order valence-electron chi connectivity index (χ1n) is 3.97. The van der Waals surface area contributed by atoms with E-state index in [0.717, 1.165) is 6.26 Å². The molecule has 0 aliphatic rings. The van der Waals surface area contributed by atoms with E-state index in [-0.39, 0.29) is 17.7 Å². The number of hydrogen-bond acceptors (Lipinski definition) is 3. The Kier molecular flexibility index (Phi) is 2.93. The van der Waals surface area contributed by atoms with E-state index in [1.807, 2.05) is 0 Å². The first-order chi connectivity index (χ1) is 6.44. The van der Waals surface area contributed by atoms with E-state index in [9.17, 15) is 18.0 Å². The van der Waals surface area contributed by atoms with Crippen molar-refractivity contribution in [3.8, 4) is 0 Å². The van der Waals surface area contributed by atoms with Gasteiger partial charge >= 0.3 is 6.18 Å². The molecule has 0 amide bonds. The number of carbonyl (C=O) groups is 1. The summed E-state index contributed by atoms with van der Waals surface area (Å²) in [5, 5.41) is 3.25. The first kappa shape index (κ1) is 10.7. The Labute approximate surface area is 77.9 Å². The molecule has 0 fully saturated rings. The van der Waals surface area contributed by atoms with Crippen molar-refractivity contribution in [3.63, 3.8) is 0 Å². The lowest BCUT2D eigenvalue weighted by Gasteiger charge is -2.03. The van der Waals surface area contributed by atoms with E-state index in [2.05, 4.69) is 9.68 Å². The molecule has 0 atom stereocenters. The molecule has 0 bridgehead atoms. The molecule has 0 aliphatic carbocycles. The van der Waals surface area contributed by atoms with Gasteiger partial charge in [0.05, 0.1) is 6.42 Å². The van der Waals surface area contributed by atoms with Crippen LogP contribution in [0.1, 0.15) is 29.4 Å². The van der Waals surface area contributed by atoms with Gasteiger partial charge in [-0.3, -0.25) is 4.79 Å². The fourth-order valence-electron chi connectivity index (χ4n) is 0.996. The van der Waals surface area contributed by atoms with Crippen molar-refractivity contribution in [2.75, 3.05) is 0 Å². The van der Waals surface area contributed by atoms with E-state index in [1.165, 1.54) is 0 Å². The van der Waals surface area contributed by atoms with Crippen molar-refractivity contribution in [2.45, 2.75) is 25.9 Å². The van der Waals surface area contributed by atoms with Gasteiger partial charge in [-0.05, 0) is 0 Å². The van der Waals surface area contributed by atoms with Crippen LogP contribution in [0.5, 0.6) is 0 Å². The maximum absolute atomic E-state index is 12.0. The molecular formula is C8H8F3NO2. The highest BCUT2D eigenvalue weighted by atomic mass is 19.4. The molecule has 0 aromatic carbocycles. The third-order valence-corrected chi connectivity index (χ3v) is 1.62. The van der Waals surface area contributed by atoms with Gasteiger partial charge in [0.25, 0.3) is 0 Å². The van der Waals surface area contributed by atoms with E-state index in [0.29, 0.717) is 0 Å². The van der Waals surface area contributed by atoms with Crippen molar-refractivity contribution in [1.82, 2.24) is 5.16 Å². The predicted octanol–water partition coefficient (Wildman–Crippen LogP) is 2.37. The third kappa shape index (κ3) is 2.58. The lowest BCUT2D eigenvalue weighted by Crippen LogP contribution is -2.13. The maximum atomic E-state index is 12.0. The molecule has 1 rings (SSSR count). The molecule has 0 aliphatic heterocycles. The third-order valence-electron chi connectivity index (χ3n) is 1.62. The zero-order valence-electron chi connectivity index (χ0n) is 7.39. The summed E-state index contributed by atoms with van der Waals surface area (Å²) in [6.45, 7) is 1.55. The Morgan fingerprint density at radius 3 is 2.71 bits per heavy atom. The minimum atomic E-state index is -4.35. The standard InChI is InChI=1S/C8H8F3NO2/c1-2-6(13)7-5(4-14-12-7)3-8(9,10)11/h4H,2-3H2,1H3. The summed E-state index contributed by atoms with van der Waals surface area (Å²) in [5.74, 6) is -0.446. The van der Waals surface area contributed by atoms with Gasteiger partial charge in [-0.1, -0.05) is 12.1 Å². The fraction of sp³-hybridized carbons (Fsp3) is 0.500. The van der Waals surface area contributed by atoms with Gasteiger partial charge in [0.15, 0.2) is 11.5 Å². The number of halogens is 3. The normalized spacial score (nSPS) is 11.7. The van der Waals surface area contributed by atoms with Crippen LogP contribution in [0, 0.1) is 0 Å². The first-order valence-corrected chi connectivity index (χ1v) is 3.97. The second kappa shape index (κ2) is 3.81. The van der Waals surface area contributed by atoms with Gasteiger partial charge < -0.3 is 4.52 Å². The Morgan fingerprint density at radius 2 is 2.21 bits per heavy atom. The van der Waals surface area contributed by atoms with E-state index in [1.54, 1.807) is 6.92 Å². The van der Waals surface area contributed by atoms with Gasteiger partial charge in [-0.15, -0.1) is 0 Å². The summed E-state index contributed by atoms with van der Waals surface area (Å²) in [6, 6.07) is 0. The van der Waals surface area contributed by atoms with E-state index < -0.39 is 18.4 Å². The molecule has 0 unspecified atom stereocenters. The molecule has 0 radical (unpaired) electrons. The van der Waals surface area contributed by atoms with Crippen LogP contribution < -0.4 is 0 Å². The second-order valence-electron chi connectivity index (χ2n) is 2.76. The van der Waals surface area contributed by atoms with E-state index in [4.69, 9.17) is 0 Å². The van der Waals surface area contributed by atoms with Gasteiger partial charge in [-0.2, -0.15) is 13.2 Å². The predicted molar refractivity (Wildman–Crippen MR) is 40.9 cm³/mol. The number of hydrogen-bond donors (Lipinski definition) is 0. The summed E-state index contributed by atoms with van der Waals surface area (Å²) in [4.78, 5) is 11.1. The summed E-state index contributed by atoms with van der Waals surface area (Å²) >= 11 is 0. The molecule has 1 heterocycles. The van der Waals surface area contributed by atoms with E-state index >= 15 is 0 Å². The number of Topliss-reactive ketones (excluding diaryl/α,β-unsaturated/α-hetero) is 1. The summed E-state index contributed by atoms with van der Waals surface area (Å²) in [7, 11) is 0. The SMILES string of the molecule is CCC(=O)c1nocc1CC(F)(F)F. The van der Waals surface area contributed by atoms with Gasteiger partial charge in [0.1, 0.15) is 6.26 Å². The van der Waals surface area contributed by atoms with Crippen molar-refractivity contribution in [2.24, 2.45) is 0 Å². The molecule has 1 aromatic heterocycles. The molecule has 1 aromatic rings. The fourth-order valence-corrected chi connectivity index (χ4v) is 0.996. The second-order valence-corrected chi connectivity index (χ2v) is 2.76. The average molecular weight is 207 g/mol. The number of ketones is 1. The van der Waals surface area contributed by atoms with Crippen LogP contribution in [0.25, 0.3) is 0 Å². The smallest absolute Gasteiger partial charge is 0.364 e. The Morgan fingerprint density at radius 1 is 1.57 bits per heavy atom. The summed E-state index contributed by atoms with van der Waals surface area (Å²) in [6.07, 6.45) is -4.57. The molecule has 6 heteroatoms. The zero-order chi connectivity index (χ0) is 10.8. The molecular weight excluding hydrogens is 199 g/mol. The molecule has 14 heavy (non-hydrogen) atoms. The number of nitrogens with zero attached hydrogens (tertiary/aromatic N) is 1. The molecule has 0 spiro atoms. The molecule has 0 saturated heterocycles. The van der Waals surface area contributed by atoms with Crippen LogP contribution in [0.2, 0.25) is 0 Å². The monoisotopic (exact) mass is 207 g/mol. The van der Waals surface area contributed by atoms with Crippen LogP contribution in [0.3, 0.4) is 0 Å². The summed E-state index contributed by atoms with van der Waals surface area (Å²) < 4.78 is 40.3. The highest BCUT2D eigenvalue weighted by Crippen LogP contribution is 2.23. The van der Waals surface area contributed by atoms with Crippen LogP contribution in [-0.2, 0) is 6.42 Å². The zero-order valence-corrected chi connectivity index (χ0v) is 7.39. The highest BCUT2D eigenvalue weighted by Gasteiger charge is 2.31. The van der Waals surface area contributed by atoms with Crippen LogP contribution in [0.4, 0.5) is 13.2 Å². The molecule has 0 N–H and O–H groups in total. The lowest BCUT2D eigenvalue weighted by molar-refractivity contribution is -0.127. The van der Waals surface area contributed by atoms with Crippen molar-refractivity contribution in [3.05, 3.63) is 17.5 Å². The minimum Gasteiger partial charge on any atom is -0.364 e. The van der Waals surface area contributed by atoms with Gasteiger partial charge in [0, 0.05) is 12.0 Å². The number of aromatic nitrogens is 1. The Bertz CT molecular complexity index is 330.